The lowest BCUT2D eigenvalue weighted by Gasteiger charge is -2.10. The highest BCUT2D eigenvalue weighted by atomic mass is 79.9. The van der Waals surface area contributed by atoms with E-state index in [-0.39, 0.29) is 13.5 Å². The molecule has 0 aliphatic carbocycles. The minimum atomic E-state index is 0. The second kappa shape index (κ2) is 20.1. The number of halogens is 1. The quantitative estimate of drug-likeness (QED) is 0.166. The zero-order chi connectivity index (χ0) is 19.6. The number of rotatable bonds is 18. The molecule has 1 nitrogen and oxygen atoms in total. The van der Waals surface area contributed by atoms with Gasteiger partial charge in [-0.15, -0.1) is 0 Å². The van der Waals surface area contributed by atoms with E-state index in [2.05, 4.69) is 22.9 Å². The van der Waals surface area contributed by atoms with Crippen molar-refractivity contribution in [3.8, 4) is 5.75 Å². The van der Waals surface area contributed by atoms with Gasteiger partial charge < -0.3 is 5.11 Å². The smallest absolute Gasteiger partial charge is 0.115 e. The summed E-state index contributed by atoms with van der Waals surface area (Å²) in [7, 11) is 0. The highest BCUT2D eigenvalue weighted by molar-refractivity contribution is 9.09. The van der Waals surface area contributed by atoms with Crippen molar-refractivity contribution >= 4 is 29.4 Å². The molecule has 1 aromatic rings. The van der Waals surface area contributed by atoms with Crippen LogP contribution in [0.15, 0.2) is 24.3 Å². The summed E-state index contributed by atoms with van der Waals surface area (Å²) in [4.78, 5) is 0.421. The molecule has 0 aliphatic heterocycles. The number of hydrogen-bond acceptors (Lipinski definition) is 1. The first kappa shape index (κ1) is 27.8. The lowest BCUT2D eigenvalue weighted by molar-refractivity contribution is 0.475. The van der Waals surface area contributed by atoms with Gasteiger partial charge in [0.15, 0.2) is 0 Å². The number of phenolic OH excluding ortho intramolecular Hbond substituents is 1. The fourth-order valence-corrected chi connectivity index (χ4v) is 4.35. The van der Waals surface area contributed by atoms with Crippen molar-refractivity contribution in [3.63, 3.8) is 0 Å². The van der Waals surface area contributed by atoms with Crippen molar-refractivity contribution < 1.29 is 5.11 Å². The summed E-state index contributed by atoms with van der Waals surface area (Å²) in [6, 6.07) is 7.58. The number of unbranched alkanes of at least 4 members (excludes halogenated alkanes) is 15. The molecule has 28 heavy (non-hydrogen) atoms. The van der Waals surface area contributed by atoms with Crippen molar-refractivity contribution in [2.45, 2.75) is 121 Å². The fourth-order valence-electron chi connectivity index (χ4n) is 3.72. The van der Waals surface area contributed by atoms with Crippen molar-refractivity contribution in [1.29, 1.82) is 0 Å². The minimum Gasteiger partial charge on any atom is -0.508 e. The van der Waals surface area contributed by atoms with Gasteiger partial charge in [-0.3, -0.25) is 0 Å². The fraction of sp³-hybridized carbons (Fsp3) is 0.760. The molecular formula is C25H45BrOS. The Kier molecular flexibility index (Phi) is 20.0. The van der Waals surface area contributed by atoms with Crippen molar-refractivity contribution in [3.05, 3.63) is 29.8 Å². The Morgan fingerprint density at radius 2 is 1.00 bits per heavy atom. The molecule has 0 saturated carbocycles. The predicted molar refractivity (Wildman–Crippen MR) is 134 cm³/mol. The molecule has 0 fully saturated rings. The molecule has 0 spiro atoms. The maximum atomic E-state index is 9.35. The van der Waals surface area contributed by atoms with Gasteiger partial charge in [-0.05, 0) is 24.1 Å². The van der Waals surface area contributed by atoms with Gasteiger partial charge in [0.1, 0.15) is 5.75 Å². The van der Waals surface area contributed by atoms with Crippen LogP contribution >= 0.6 is 29.4 Å². The van der Waals surface area contributed by atoms with Gasteiger partial charge in [-0.2, -0.15) is 13.5 Å². The molecule has 3 heteroatoms. The Labute approximate surface area is 190 Å². The van der Waals surface area contributed by atoms with Gasteiger partial charge in [-0.1, -0.05) is 138 Å². The van der Waals surface area contributed by atoms with E-state index in [1.165, 1.54) is 115 Å². The number of aromatic hydroxyl groups is 1. The van der Waals surface area contributed by atoms with Gasteiger partial charge in [0.25, 0.3) is 0 Å². The second-order valence-electron chi connectivity index (χ2n) is 8.15. The standard InChI is InChI=1S/C25H43BrO.H2S/c1-2-3-4-5-6-7-8-9-10-11-12-13-14-15-16-17-18-25(26)23-19-21-24(27)22-20-23;/h19-22,25,27H,2-18H2,1H3;1H2. The van der Waals surface area contributed by atoms with Gasteiger partial charge in [0.2, 0.25) is 0 Å². The van der Waals surface area contributed by atoms with E-state index < -0.39 is 0 Å². The van der Waals surface area contributed by atoms with Crippen LogP contribution in [0.3, 0.4) is 0 Å². The third kappa shape index (κ3) is 15.7. The van der Waals surface area contributed by atoms with E-state index in [1.807, 2.05) is 12.1 Å². The first-order valence-corrected chi connectivity index (χ1v) is 12.6. The Balaban J connectivity index is 0.00000729. The van der Waals surface area contributed by atoms with Crippen LogP contribution in [0.5, 0.6) is 5.75 Å². The lowest BCUT2D eigenvalue weighted by atomic mass is 10.0. The first-order valence-electron chi connectivity index (χ1n) is 11.7. The summed E-state index contributed by atoms with van der Waals surface area (Å²) in [5.74, 6) is 0.348. The molecule has 164 valence electrons. The Hall–Kier alpha value is -0.150. The molecule has 0 amide bonds. The molecule has 1 atom stereocenters. The molecule has 0 bridgehead atoms. The van der Waals surface area contributed by atoms with Crippen molar-refractivity contribution in [1.82, 2.24) is 0 Å². The summed E-state index contributed by atoms with van der Waals surface area (Å²) in [5.41, 5.74) is 1.27. The minimum absolute atomic E-state index is 0. The number of phenols is 1. The van der Waals surface area contributed by atoms with Crippen LogP contribution in [0.1, 0.15) is 126 Å². The molecule has 0 radical (unpaired) electrons. The molecular weight excluding hydrogens is 428 g/mol. The maximum Gasteiger partial charge on any atom is 0.115 e. The normalized spacial score (nSPS) is 11.9. The van der Waals surface area contributed by atoms with Gasteiger partial charge >= 0.3 is 0 Å². The van der Waals surface area contributed by atoms with Crippen LogP contribution in [0.25, 0.3) is 0 Å². The topological polar surface area (TPSA) is 20.2 Å². The molecule has 0 aromatic heterocycles. The Morgan fingerprint density at radius 1 is 0.643 bits per heavy atom. The van der Waals surface area contributed by atoms with E-state index >= 15 is 0 Å². The SMILES string of the molecule is CCCCCCCCCCCCCCCCCCC(Br)c1ccc(O)cc1.S. The first-order chi connectivity index (χ1) is 13.2. The molecule has 1 N–H and O–H groups in total. The predicted octanol–water partition coefficient (Wildman–Crippen LogP) is 9.59. The average molecular weight is 474 g/mol. The summed E-state index contributed by atoms with van der Waals surface area (Å²) in [6.45, 7) is 2.29. The second-order valence-corrected chi connectivity index (χ2v) is 9.26. The van der Waals surface area contributed by atoms with Crippen LogP contribution in [0, 0.1) is 0 Å². The van der Waals surface area contributed by atoms with Crippen molar-refractivity contribution in [2.24, 2.45) is 0 Å². The van der Waals surface area contributed by atoms with Crippen LogP contribution in [0.4, 0.5) is 0 Å². The van der Waals surface area contributed by atoms with Crippen LogP contribution in [0.2, 0.25) is 0 Å². The van der Waals surface area contributed by atoms with E-state index in [4.69, 9.17) is 0 Å². The number of alkyl halides is 1. The number of benzene rings is 1. The Bertz CT molecular complexity index is 435. The average Bonchev–Trinajstić information content (AvgIpc) is 2.68. The maximum absolute atomic E-state index is 9.35. The van der Waals surface area contributed by atoms with Crippen molar-refractivity contribution in [2.75, 3.05) is 0 Å². The van der Waals surface area contributed by atoms with E-state index in [0.29, 0.717) is 10.6 Å². The summed E-state index contributed by atoms with van der Waals surface area (Å²) in [6.07, 6.45) is 23.9. The van der Waals surface area contributed by atoms with Crippen LogP contribution < -0.4 is 0 Å². The Morgan fingerprint density at radius 3 is 1.39 bits per heavy atom. The zero-order valence-electron chi connectivity index (χ0n) is 18.2. The molecule has 0 saturated heterocycles. The zero-order valence-corrected chi connectivity index (χ0v) is 20.8. The van der Waals surface area contributed by atoms with Crippen LogP contribution in [-0.4, -0.2) is 5.11 Å². The van der Waals surface area contributed by atoms with Crippen LogP contribution in [-0.2, 0) is 0 Å². The molecule has 1 unspecified atom stereocenters. The van der Waals surface area contributed by atoms with E-state index in [9.17, 15) is 5.11 Å². The highest BCUT2D eigenvalue weighted by Crippen LogP contribution is 2.29. The summed E-state index contributed by atoms with van der Waals surface area (Å²) >= 11 is 3.77. The third-order valence-corrected chi connectivity index (χ3v) is 6.55. The largest absolute Gasteiger partial charge is 0.508 e. The molecule has 1 aromatic carbocycles. The highest BCUT2D eigenvalue weighted by Gasteiger charge is 2.06. The molecule has 0 heterocycles. The number of hydrogen-bond donors (Lipinski definition) is 1. The van der Waals surface area contributed by atoms with Gasteiger partial charge in [-0.25, -0.2) is 0 Å². The van der Waals surface area contributed by atoms with Gasteiger partial charge in [0.05, 0.1) is 0 Å². The van der Waals surface area contributed by atoms with E-state index in [1.54, 1.807) is 12.1 Å². The third-order valence-electron chi connectivity index (χ3n) is 5.57. The lowest BCUT2D eigenvalue weighted by Crippen LogP contribution is -1.90. The van der Waals surface area contributed by atoms with Gasteiger partial charge in [0, 0.05) is 4.83 Å². The summed E-state index contributed by atoms with van der Waals surface area (Å²) < 4.78 is 0. The van der Waals surface area contributed by atoms with E-state index in [0.717, 1.165) is 0 Å². The molecule has 0 aliphatic rings. The molecule has 1 rings (SSSR count). The summed E-state index contributed by atoms with van der Waals surface area (Å²) in [5, 5.41) is 9.35. The monoisotopic (exact) mass is 472 g/mol.